The van der Waals surface area contributed by atoms with Crippen LogP contribution in [0.1, 0.15) is 31.9 Å². The maximum atomic E-state index is 8.26. The van der Waals surface area contributed by atoms with Crippen LogP contribution in [0.3, 0.4) is 0 Å². The summed E-state index contributed by atoms with van der Waals surface area (Å²) in [6, 6.07) is 59.8. The van der Waals surface area contributed by atoms with Crippen molar-refractivity contribution in [1.82, 2.24) is 18.7 Å². The van der Waals surface area contributed by atoms with Gasteiger partial charge >= 0.3 is 198 Å². The molecule has 0 radical (unpaired) electrons. The summed E-state index contributed by atoms with van der Waals surface area (Å²) in [6.45, 7) is -0.272. The number of aromatic nitrogens is 4. The van der Waals surface area contributed by atoms with E-state index in [2.05, 4.69) is 140 Å². The number of fused-ring (bicyclic) bond motifs is 14. The summed E-state index contributed by atoms with van der Waals surface area (Å²) in [5, 5.41) is 2.14. The van der Waals surface area contributed by atoms with Crippen molar-refractivity contribution in [2.75, 3.05) is 0 Å². The fourth-order valence-corrected chi connectivity index (χ4v) is 10.4. The van der Waals surface area contributed by atoms with Crippen LogP contribution in [0, 0.1) is 22.9 Å². The van der Waals surface area contributed by atoms with Gasteiger partial charge in [0, 0.05) is 6.20 Å². The van der Waals surface area contributed by atoms with Gasteiger partial charge in [0.1, 0.15) is 0 Å². The predicted octanol–water partition coefficient (Wildman–Crippen LogP) is 11.6. The average molecular weight is 915 g/mol. The van der Waals surface area contributed by atoms with Crippen molar-refractivity contribution >= 4 is 32.8 Å². The first kappa shape index (κ1) is 29.7. The van der Waals surface area contributed by atoms with Crippen LogP contribution >= 0.6 is 0 Å². The average Bonchev–Trinajstić information content (AvgIpc) is 3.94. The molecule has 274 valence electrons. The van der Waals surface area contributed by atoms with Crippen LogP contribution in [0.5, 0.6) is 11.5 Å². The number of aryl methyl sites for hydroxylation is 2. The number of rotatable bonds is 4. The molecule has 0 unspecified atom stereocenters. The molecule has 10 aromatic rings. The molecule has 57 heavy (non-hydrogen) atoms. The van der Waals surface area contributed by atoms with E-state index in [1.165, 1.54) is 49.1 Å². The van der Waals surface area contributed by atoms with Crippen molar-refractivity contribution in [1.29, 1.82) is 0 Å². The number of imidazole rings is 1. The third-order valence-corrected chi connectivity index (χ3v) is 12.8. The second-order valence-corrected chi connectivity index (χ2v) is 15.8. The molecule has 0 amide bonds. The predicted molar refractivity (Wildman–Crippen MR) is 223 cm³/mol. The van der Waals surface area contributed by atoms with E-state index in [0.717, 1.165) is 38.7 Å². The minimum atomic E-state index is -2.36. The van der Waals surface area contributed by atoms with E-state index < -0.39 is 12.4 Å². The fraction of sp³-hybridized carbons (Fsp3) is 0.0588. The molecule has 2 aliphatic carbocycles. The summed E-state index contributed by atoms with van der Waals surface area (Å²) < 4.78 is 37.4. The van der Waals surface area contributed by atoms with Crippen molar-refractivity contribution in [2.45, 2.75) is 12.3 Å². The van der Waals surface area contributed by atoms with E-state index in [9.17, 15) is 0 Å². The monoisotopic (exact) mass is 914 g/mol. The molecule has 0 bridgehead atoms. The summed E-state index contributed by atoms with van der Waals surface area (Å²) in [6.07, 6.45) is 1.86. The maximum absolute atomic E-state index is 8.26. The molecule has 5 nitrogen and oxygen atoms in total. The van der Waals surface area contributed by atoms with Gasteiger partial charge in [0.2, 0.25) is 0 Å². The Morgan fingerprint density at radius 3 is 1.98 bits per heavy atom. The zero-order valence-electron chi connectivity index (χ0n) is 33.5. The van der Waals surface area contributed by atoms with Gasteiger partial charge in [0.15, 0.2) is 0 Å². The molecule has 3 heterocycles. The number of benzene rings is 7. The first-order valence-electron chi connectivity index (χ1n) is 20.4. The Morgan fingerprint density at radius 2 is 1.26 bits per heavy atom. The van der Waals surface area contributed by atoms with Gasteiger partial charge < -0.3 is 0 Å². The van der Waals surface area contributed by atoms with E-state index in [4.69, 9.17) is 13.8 Å². The first-order chi connectivity index (χ1) is 29.2. The molecule has 0 aliphatic heterocycles. The SMILES string of the molecule is [2H]C([2H])([2H])n1[c](=[Pt])n(-c2[c-]c(Oc3[c-]c4c(cc3)c3cc5c(cc3n4-c3cc(C)ccn3)C3(c4ccccc4-c4ccccc43)c3ccccc3-5)ccc2)c2ccccc21. The molecule has 1 spiro atoms. The Labute approximate surface area is 344 Å². The van der Waals surface area contributed by atoms with Crippen LogP contribution in [0.25, 0.3) is 66.6 Å². The van der Waals surface area contributed by atoms with Gasteiger partial charge in [-0.15, -0.1) is 0 Å². The second-order valence-electron chi connectivity index (χ2n) is 14.8. The number of hydrogen-bond donors (Lipinski definition) is 0. The van der Waals surface area contributed by atoms with Gasteiger partial charge in [-0.3, -0.25) is 0 Å². The van der Waals surface area contributed by atoms with E-state index in [-0.39, 0.29) is 0 Å². The van der Waals surface area contributed by atoms with Crippen molar-refractivity contribution in [2.24, 2.45) is 6.98 Å². The van der Waals surface area contributed by atoms with E-state index in [0.29, 0.717) is 26.5 Å². The van der Waals surface area contributed by atoms with Crippen LogP contribution < -0.4 is 4.74 Å². The Morgan fingerprint density at radius 1 is 0.596 bits per heavy atom. The molecular weight excluding hydrogens is 880 g/mol. The fourth-order valence-electron chi connectivity index (χ4n) is 9.54. The van der Waals surface area contributed by atoms with Gasteiger partial charge in [-0.1, -0.05) is 72.8 Å². The van der Waals surface area contributed by atoms with E-state index >= 15 is 0 Å². The molecule has 2 aliphatic rings. The molecular formula is C51H32N4OPt-2. The summed E-state index contributed by atoms with van der Waals surface area (Å²) in [5.41, 5.74) is 14.7. The van der Waals surface area contributed by atoms with Crippen molar-refractivity contribution < 1.29 is 28.2 Å². The molecule has 3 aromatic heterocycles. The standard InChI is InChI=1S/C51H32N4O.Pt/c1-32-24-25-52-50(26-32)55-48-28-35(56-34-13-11-12-33(27-34)54-31-53(2)46-20-9-10-21-47(46)54)22-23-39(48)41-29-40-38-16-5-8-19-44(38)51(45(40)30-49(41)55)42-17-6-3-14-36(42)37-15-4-7-18-43(37)51;/h3-26,29-30H,1-2H3;/q-2;/i2D3;. The van der Waals surface area contributed by atoms with Crippen LogP contribution in [-0.2, 0) is 31.7 Å². The summed E-state index contributed by atoms with van der Waals surface area (Å²) in [5.74, 6) is 1.79. The first-order valence-corrected chi connectivity index (χ1v) is 20.0. The van der Waals surface area contributed by atoms with Crippen LogP contribution in [-0.4, -0.2) is 18.7 Å². The van der Waals surface area contributed by atoms with Gasteiger partial charge in [0.25, 0.3) is 0 Å². The number of hydrogen-bond acceptors (Lipinski definition) is 2. The van der Waals surface area contributed by atoms with Gasteiger partial charge in [0.05, 0.1) is 5.41 Å². The van der Waals surface area contributed by atoms with Crippen molar-refractivity contribution in [3.8, 4) is 45.3 Å². The van der Waals surface area contributed by atoms with E-state index in [1.807, 2.05) is 65.4 Å². The Hall–Kier alpha value is -6.55. The third-order valence-electron chi connectivity index (χ3n) is 11.8. The second kappa shape index (κ2) is 12.0. The van der Waals surface area contributed by atoms with Crippen LogP contribution in [0.15, 0.2) is 158 Å². The van der Waals surface area contributed by atoms with Crippen LogP contribution in [0.4, 0.5) is 0 Å². The number of para-hydroxylation sites is 2. The molecule has 0 N–H and O–H groups in total. The minimum absolute atomic E-state index is 0.477. The van der Waals surface area contributed by atoms with Crippen molar-refractivity contribution in [3.05, 3.63) is 202 Å². The summed E-state index contributed by atoms with van der Waals surface area (Å²) >= 11 is 2.08. The molecule has 7 aromatic carbocycles. The normalized spacial score (nSPS) is 14.3. The molecule has 0 atom stereocenters. The zero-order chi connectivity index (χ0) is 40.5. The van der Waals surface area contributed by atoms with Gasteiger partial charge in [-0.05, 0) is 63.1 Å². The van der Waals surface area contributed by atoms with E-state index in [1.54, 1.807) is 0 Å². The topological polar surface area (TPSA) is 36.9 Å². The number of ether oxygens (including phenoxy) is 1. The third kappa shape index (κ3) is 4.43. The number of nitrogens with zero attached hydrogens (tertiary/aromatic N) is 4. The van der Waals surface area contributed by atoms with Gasteiger partial charge in [-0.25, -0.2) is 0 Å². The summed E-state index contributed by atoms with van der Waals surface area (Å²) in [4.78, 5) is 4.94. The van der Waals surface area contributed by atoms with Crippen LogP contribution in [0.2, 0.25) is 0 Å². The zero-order valence-corrected chi connectivity index (χ0v) is 32.8. The Bertz CT molecular complexity index is 3480. The molecule has 12 rings (SSSR count). The molecule has 6 heteroatoms. The summed E-state index contributed by atoms with van der Waals surface area (Å²) in [7, 11) is 0. The van der Waals surface area contributed by atoms with Crippen molar-refractivity contribution in [3.63, 3.8) is 0 Å². The van der Waals surface area contributed by atoms with Gasteiger partial charge in [-0.2, -0.15) is 0 Å². The quantitative estimate of drug-likeness (QED) is 0.165. The Kier molecular flexibility index (Phi) is 6.24. The number of pyridine rings is 1. The Balaban J connectivity index is 1.06. The molecule has 0 saturated carbocycles. The molecule has 0 fully saturated rings. The molecule has 0 saturated heterocycles.